The van der Waals surface area contributed by atoms with Crippen molar-refractivity contribution in [2.75, 3.05) is 5.32 Å². The van der Waals surface area contributed by atoms with Gasteiger partial charge >= 0.3 is 0 Å². The second-order valence-electron chi connectivity index (χ2n) is 4.31. The van der Waals surface area contributed by atoms with E-state index in [0.717, 1.165) is 5.69 Å². The Balaban J connectivity index is 2.20. The maximum atomic E-state index is 13.7. The van der Waals surface area contributed by atoms with Crippen LogP contribution in [0.4, 0.5) is 15.8 Å². The summed E-state index contributed by atoms with van der Waals surface area (Å²) in [6.07, 6.45) is 0. The summed E-state index contributed by atoms with van der Waals surface area (Å²) in [6.45, 7) is 1.84. The lowest BCUT2D eigenvalue weighted by atomic mass is 10.1. The van der Waals surface area contributed by atoms with Crippen molar-refractivity contribution in [2.24, 2.45) is 0 Å². The number of hydrogen-bond donors (Lipinski definition) is 1. The van der Waals surface area contributed by atoms with Crippen LogP contribution in [-0.2, 0) is 0 Å². The fourth-order valence-corrected chi connectivity index (χ4v) is 2.61. The van der Waals surface area contributed by atoms with Gasteiger partial charge in [-0.2, -0.15) is 0 Å². The molecule has 0 saturated carbocycles. The molecule has 0 spiro atoms. The summed E-state index contributed by atoms with van der Waals surface area (Å²) < 4.78 is 14.2. The summed E-state index contributed by atoms with van der Waals surface area (Å²) >= 11 is 1.91. The first kappa shape index (κ1) is 14.7. The Morgan fingerprint density at radius 3 is 2.60 bits per heavy atom. The van der Waals surface area contributed by atoms with Crippen LogP contribution in [0.25, 0.3) is 0 Å². The third-order valence-corrected chi connectivity index (χ3v) is 3.76. The number of nitro groups is 1. The van der Waals surface area contributed by atoms with Crippen LogP contribution in [0.2, 0.25) is 0 Å². The Kier molecular flexibility index (Phi) is 4.53. The summed E-state index contributed by atoms with van der Waals surface area (Å²) in [6, 6.07) is 11.0. The maximum absolute atomic E-state index is 13.7. The number of nitrogens with one attached hydrogen (secondary N) is 1. The van der Waals surface area contributed by atoms with Gasteiger partial charge in [0.1, 0.15) is 5.82 Å². The standard InChI is InChI=1S/C14H12FIN2O2/c1-9(11-4-2-3-5-12(11)15)17-10-6-7-14(18(19)20)13(16)8-10/h2-9,17H,1H3. The minimum atomic E-state index is -0.425. The van der Waals surface area contributed by atoms with Crippen LogP contribution in [0, 0.1) is 19.5 Å². The smallest absolute Gasteiger partial charge is 0.282 e. The van der Waals surface area contributed by atoms with E-state index in [4.69, 9.17) is 0 Å². The zero-order chi connectivity index (χ0) is 14.7. The molecular weight excluding hydrogens is 374 g/mol. The summed E-state index contributed by atoms with van der Waals surface area (Å²) in [5.74, 6) is -0.274. The second-order valence-corrected chi connectivity index (χ2v) is 5.47. The van der Waals surface area contributed by atoms with Gasteiger partial charge in [-0.05, 0) is 47.7 Å². The minimum absolute atomic E-state index is 0.0645. The van der Waals surface area contributed by atoms with Crippen molar-refractivity contribution in [1.82, 2.24) is 0 Å². The number of rotatable bonds is 4. The lowest BCUT2D eigenvalue weighted by Crippen LogP contribution is -2.08. The molecule has 0 fully saturated rings. The quantitative estimate of drug-likeness (QED) is 0.478. The predicted octanol–water partition coefficient (Wildman–Crippen LogP) is 4.51. The topological polar surface area (TPSA) is 55.2 Å². The van der Waals surface area contributed by atoms with Crippen LogP contribution in [0.1, 0.15) is 18.5 Å². The molecule has 6 heteroatoms. The summed E-state index contributed by atoms with van der Waals surface area (Å²) in [4.78, 5) is 10.3. The number of hydrogen-bond acceptors (Lipinski definition) is 3. The highest BCUT2D eigenvalue weighted by atomic mass is 127. The molecule has 0 bridgehead atoms. The van der Waals surface area contributed by atoms with Crippen LogP contribution in [0.15, 0.2) is 42.5 Å². The van der Waals surface area contributed by atoms with E-state index in [1.54, 1.807) is 30.3 Å². The summed E-state index contributed by atoms with van der Waals surface area (Å²) in [5, 5.41) is 13.9. The zero-order valence-electron chi connectivity index (χ0n) is 10.6. The van der Waals surface area contributed by atoms with E-state index in [1.807, 2.05) is 29.5 Å². The van der Waals surface area contributed by atoms with E-state index in [-0.39, 0.29) is 17.5 Å². The lowest BCUT2D eigenvalue weighted by molar-refractivity contribution is -0.385. The van der Waals surface area contributed by atoms with Crippen LogP contribution >= 0.6 is 22.6 Å². The van der Waals surface area contributed by atoms with Crippen LogP contribution in [0.5, 0.6) is 0 Å². The van der Waals surface area contributed by atoms with Crippen molar-refractivity contribution in [2.45, 2.75) is 13.0 Å². The lowest BCUT2D eigenvalue weighted by Gasteiger charge is -2.16. The summed E-state index contributed by atoms with van der Waals surface area (Å²) in [5.41, 5.74) is 1.34. The molecule has 1 atom stereocenters. The molecule has 0 amide bonds. The van der Waals surface area contributed by atoms with Gasteiger partial charge in [-0.1, -0.05) is 18.2 Å². The molecule has 2 rings (SSSR count). The van der Waals surface area contributed by atoms with Crippen molar-refractivity contribution in [3.63, 3.8) is 0 Å². The Labute approximate surface area is 129 Å². The molecule has 1 N–H and O–H groups in total. The average molecular weight is 386 g/mol. The third-order valence-electron chi connectivity index (χ3n) is 2.90. The predicted molar refractivity (Wildman–Crippen MR) is 84.3 cm³/mol. The molecule has 104 valence electrons. The molecule has 2 aromatic carbocycles. The van der Waals surface area contributed by atoms with E-state index in [1.165, 1.54) is 12.1 Å². The zero-order valence-corrected chi connectivity index (χ0v) is 12.8. The number of anilines is 1. The van der Waals surface area contributed by atoms with Gasteiger partial charge in [0.25, 0.3) is 5.69 Å². The van der Waals surface area contributed by atoms with Gasteiger partial charge in [0, 0.05) is 17.3 Å². The monoisotopic (exact) mass is 386 g/mol. The highest BCUT2D eigenvalue weighted by molar-refractivity contribution is 14.1. The van der Waals surface area contributed by atoms with Crippen molar-refractivity contribution >= 4 is 34.0 Å². The van der Waals surface area contributed by atoms with Crippen LogP contribution < -0.4 is 5.32 Å². The molecule has 0 heterocycles. The Morgan fingerprint density at radius 1 is 1.30 bits per heavy atom. The SMILES string of the molecule is CC(Nc1ccc([N+](=O)[O-])c(I)c1)c1ccccc1F. The third kappa shape index (κ3) is 3.24. The molecule has 0 aliphatic carbocycles. The van der Waals surface area contributed by atoms with Gasteiger partial charge in [0.05, 0.1) is 14.5 Å². The second kappa shape index (κ2) is 6.17. The van der Waals surface area contributed by atoms with Crippen LogP contribution in [0.3, 0.4) is 0 Å². The van der Waals surface area contributed by atoms with Crippen molar-refractivity contribution in [3.05, 3.63) is 67.5 Å². The first-order valence-corrected chi connectivity index (χ1v) is 7.02. The first-order chi connectivity index (χ1) is 9.49. The van der Waals surface area contributed by atoms with Gasteiger partial charge in [0.15, 0.2) is 0 Å². The van der Waals surface area contributed by atoms with Gasteiger partial charge in [-0.15, -0.1) is 0 Å². The molecule has 1 unspecified atom stereocenters. The minimum Gasteiger partial charge on any atom is -0.378 e. The largest absolute Gasteiger partial charge is 0.378 e. The molecule has 0 saturated heterocycles. The van der Waals surface area contributed by atoms with E-state index >= 15 is 0 Å². The molecule has 0 aromatic heterocycles. The van der Waals surface area contributed by atoms with E-state index in [0.29, 0.717) is 9.13 Å². The molecule has 0 aliphatic heterocycles. The molecule has 0 radical (unpaired) electrons. The van der Waals surface area contributed by atoms with Crippen LogP contribution in [-0.4, -0.2) is 4.92 Å². The molecule has 4 nitrogen and oxygen atoms in total. The highest BCUT2D eigenvalue weighted by Gasteiger charge is 2.14. The fourth-order valence-electron chi connectivity index (χ4n) is 1.90. The van der Waals surface area contributed by atoms with Gasteiger partial charge < -0.3 is 5.32 Å². The average Bonchev–Trinajstić information content (AvgIpc) is 2.38. The van der Waals surface area contributed by atoms with Crippen molar-refractivity contribution in [3.8, 4) is 0 Å². The van der Waals surface area contributed by atoms with Crippen molar-refractivity contribution < 1.29 is 9.31 Å². The molecule has 2 aromatic rings. The van der Waals surface area contributed by atoms with E-state index in [9.17, 15) is 14.5 Å². The van der Waals surface area contributed by atoms with Gasteiger partial charge in [-0.3, -0.25) is 10.1 Å². The normalized spacial score (nSPS) is 11.9. The fraction of sp³-hybridized carbons (Fsp3) is 0.143. The number of benzene rings is 2. The van der Waals surface area contributed by atoms with Gasteiger partial charge in [-0.25, -0.2) is 4.39 Å². The van der Waals surface area contributed by atoms with E-state index in [2.05, 4.69) is 5.32 Å². The Bertz CT molecular complexity index is 649. The van der Waals surface area contributed by atoms with E-state index < -0.39 is 4.92 Å². The number of halogens is 2. The highest BCUT2D eigenvalue weighted by Crippen LogP contribution is 2.27. The summed E-state index contributed by atoms with van der Waals surface area (Å²) in [7, 11) is 0. The Morgan fingerprint density at radius 2 is 2.00 bits per heavy atom. The number of nitro benzene ring substituents is 1. The molecular formula is C14H12FIN2O2. The maximum Gasteiger partial charge on any atom is 0.282 e. The van der Waals surface area contributed by atoms with Gasteiger partial charge in [0.2, 0.25) is 0 Å². The molecule has 0 aliphatic rings. The molecule has 20 heavy (non-hydrogen) atoms. The first-order valence-electron chi connectivity index (χ1n) is 5.94. The van der Waals surface area contributed by atoms with Crippen molar-refractivity contribution in [1.29, 1.82) is 0 Å². The Hall–Kier alpha value is -1.70. The number of nitrogens with zero attached hydrogens (tertiary/aromatic N) is 1.